The summed E-state index contributed by atoms with van der Waals surface area (Å²) in [4.78, 5) is 43.3. The Morgan fingerprint density at radius 3 is 2.52 bits per heavy atom. The number of nitrogens with zero attached hydrogens (tertiary/aromatic N) is 3. The Hall–Kier alpha value is -3.29. The van der Waals surface area contributed by atoms with Crippen molar-refractivity contribution in [2.24, 2.45) is 5.92 Å². The number of likely N-dealkylation sites (tertiary alicyclic amines) is 1. The molecule has 8 heteroatoms. The highest BCUT2D eigenvalue weighted by Crippen LogP contribution is 2.25. The van der Waals surface area contributed by atoms with Crippen LogP contribution in [-0.4, -0.2) is 72.3 Å². The maximum Gasteiger partial charge on any atom is 0.289 e. The molecule has 1 aromatic carbocycles. The van der Waals surface area contributed by atoms with Gasteiger partial charge < -0.3 is 23.9 Å². The third-order valence-corrected chi connectivity index (χ3v) is 6.01. The Morgan fingerprint density at radius 1 is 1.06 bits per heavy atom. The zero-order valence-electron chi connectivity index (χ0n) is 17.7. The minimum Gasteiger partial charge on any atom is -0.496 e. The summed E-state index contributed by atoms with van der Waals surface area (Å²) in [6.45, 7) is 2.76. The van der Waals surface area contributed by atoms with Crippen LogP contribution in [0.5, 0.6) is 5.75 Å². The monoisotopic (exact) mass is 425 g/mol. The van der Waals surface area contributed by atoms with Crippen LogP contribution in [0.1, 0.15) is 29.0 Å². The van der Waals surface area contributed by atoms with Gasteiger partial charge in [0, 0.05) is 51.3 Å². The summed E-state index contributed by atoms with van der Waals surface area (Å²) in [6, 6.07) is 11.0. The molecule has 0 radical (unpaired) electrons. The third-order valence-electron chi connectivity index (χ3n) is 6.01. The highest BCUT2D eigenvalue weighted by Gasteiger charge is 2.35. The molecular weight excluding hydrogens is 398 g/mol. The lowest BCUT2D eigenvalue weighted by Crippen LogP contribution is -2.54. The Morgan fingerprint density at radius 2 is 1.81 bits per heavy atom. The van der Waals surface area contributed by atoms with Gasteiger partial charge in [0.05, 0.1) is 19.3 Å². The molecule has 31 heavy (non-hydrogen) atoms. The minimum atomic E-state index is -0.222. The van der Waals surface area contributed by atoms with Gasteiger partial charge in [-0.3, -0.25) is 14.4 Å². The Balaban J connectivity index is 1.34. The van der Waals surface area contributed by atoms with Gasteiger partial charge in [-0.05, 0) is 24.6 Å². The van der Waals surface area contributed by atoms with Gasteiger partial charge in [-0.2, -0.15) is 0 Å². The fourth-order valence-electron chi connectivity index (χ4n) is 4.25. The van der Waals surface area contributed by atoms with Crippen LogP contribution in [-0.2, 0) is 16.1 Å². The van der Waals surface area contributed by atoms with Crippen molar-refractivity contribution in [3.63, 3.8) is 0 Å². The Bertz CT molecular complexity index is 934. The van der Waals surface area contributed by atoms with Crippen molar-refractivity contribution < 1.29 is 23.5 Å². The normalized spacial score (nSPS) is 19.5. The second kappa shape index (κ2) is 9.24. The van der Waals surface area contributed by atoms with Crippen molar-refractivity contribution in [2.75, 3.05) is 39.8 Å². The topological polar surface area (TPSA) is 83.3 Å². The maximum absolute atomic E-state index is 13.1. The van der Waals surface area contributed by atoms with E-state index >= 15 is 0 Å². The quantitative estimate of drug-likeness (QED) is 0.732. The molecule has 2 saturated heterocycles. The number of benzene rings is 1. The standard InChI is InChI=1S/C23H27N3O5/c1-30-19-6-3-2-5-17(19)15-26-16-18(8-9-21(26)27)22(28)24-10-12-25(13-11-24)23(29)20-7-4-14-31-20/h2-7,14,18H,8-13,15-16H2,1H3/t18-/m0/s1. The highest BCUT2D eigenvalue weighted by molar-refractivity contribution is 5.91. The molecule has 0 saturated carbocycles. The molecule has 0 spiro atoms. The van der Waals surface area contributed by atoms with Gasteiger partial charge in [0.25, 0.3) is 5.91 Å². The second-order valence-corrected chi connectivity index (χ2v) is 7.92. The first-order valence-corrected chi connectivity index (χ1v) is 10.6. The second-order valence-electron chi connectivity index (χ2n) is 7.92. The first-order valence-electron chi connectivity index (χ1n) is 10.6. The summed E-state index contributed by atoms with van der Waals surface area (Å²) in [5, 5.41) is 0. The SMILES string of the molecule is COc1ccccc1CN1C[C@@H](C(=O)N2CCN(C(=O)c3ccco3)CC2)CCC1=O. The molecule has 1 atom stereocenters. The summed E-state index contributed by atoms with van der Waals surface area (Å²) in [5.74, 6) is 0.799. The predicted octanol–water partition coefficient (Wildman–Crippen LogP) is 2.01. The molecule has 2 aromatic rings. The molecule has 1 aromatic heterocycles. The zero-order valence-corrected chi connectivity index (χ0v) is 17.7. The van der Waals surface area contributed by atoms with Crippen molar-refractivity contribution in [1.29, 1.82) is 0 Å². The number of carbonyl (C=O) groups is 3. The summed E-state index contributed by atoms with van der Waals surface area (Å²) < 4.78 is 10.6. The number of rotatable bonds is 5. The average Bonchev–Trinajstić information content (AvgIpc) is 3.35. The summed E-state index contributed by atoms with van der Waals surface area (Å²) >= 11 is 0. The van der Waals surface area contributed by atoms with E-state index in [1.165, 1.54) is 6.26 Å². The summed E-state index contributed by atoms with van der Waals surface area (Å²) in [7, 11) is 1.61. The van der Waals surface area contributed by atoms with E-state index in [0.29, 0.717) is 57.9 Å². The molecule has 0 N–H and O–H groups in total. The fraction of sp³-hybridized carbons (Fsp3) is 0.435. The Kier molecular flexibility index (Phi) is 6.25. The number of furan rings is 1. The zero-order chi connectivity index (χ0) is 21.8. The van der Waals surface area contributed by atoms with Crippen LogP contribution in [0.2, 0.25) is 0 Å². The molecule has 4 rings (SSSR count). The van der Waals surface area contributed by atoms with E-state index in [1.807, 2.05) is 29.2 Å². The van der Waals surface area contributed by atoms with E-state index in [0.717, 1.165) is 11.3 Å². The van der Waals surface area contributed by atoms with Crippen LogP contribution in [0.25, 0.3) is 0 Å². The number of para-hydroxylation sites is 1. The van der Waals surface area contributed by atoms with Gasteiger partial charge in [0.1, 0.15) is 5.75 Å². The van der Waals surface area contributed by atoms with Crippen molar-refractivity contribution in [3.05, 3.63) is 54.0 Å². The first kappa shape index (κ1) is 21.0. The number of methoxy groups -OCH3 is 1. The number of piperazine rings is 1. The van der Waals surface area contributed by atoms with E-state index < -0.39 is 0 Å². The molecule has 2 aliphatic heterocycles. The number of hydrogen-bond acceptors (Lipinski definition) is 5. The van der Waals surface area contributed by atoms with Gasteiger partial charge in [-0.1, -0.05) is 18.2 Å². The minimum absolute atomic E-state index is 0.0580. The lowest BCUT2D eigenvalue weighted by molar-refractivity contribution is -0.144. The van der Waals surface area contributed by atoms with Crippen LogP contribution in [0.4, 0.5) is 0 Å². The number of amides is 3. The lowest BCUT2D eigenvalue weighted by Gasteiger charge is -2.38. The van der Waals surface area contributed by atoms with Gasteiger partial charge in [0.15, 0.2) is 5.76 Å². The van der Waals surface area contributed by atoms with Gasteiger partial charge in [0.2, 0.25) is 11.8 Å². The number of hydrogen-bond donors (Lipinski definition) is 0. The van der Waals surface area contributed by atoms with Crippen molar-refractivity contribution in [2.45, 2.75) is 19.4 Å². The molecule has 2 fully saturated rings. The van der Waals surface area contributed by atoms with Crippen LogP contribution >= 0.6 is 0 Å². The van der Waals surface area contributed by atoms with Crippen molar-refractivity contribution in [3.8, 4) is 5.75 Å². The maximum atomic E-state index is 13.1. The fourth-order valence-corrected chi connectivity index (χ4v) is 4.25. The number of carbonyl (C=O) groups excluding carboxylic acids is 3. The van der Waals surface area contributed by atoms with Crippen LogP contribution < -0.4 is 4.74 Å². The van der Waals surface area contributed by atoms with Crippen LogP contribution in [0.15, 0.2) is 47.1 Å². The van der Waals surface area contributed by atoms with Crippen LogP contribution in [0, 0.1) is 5.92 Å². The van der Waals surface area contributed by atoms with Crippen LogP contribution in [0.3, 0.4) is 0 Å². The molecule has 3 amide bonds. The van der Waals surface area contributed by atoms with E-state index in [-0.39, 0.29) is 23.6 Å². The molecule has 0 unspecified atom stereocenters. The third kappa shape index (κ3) is 4.57. The highest BCUT2D eigenvalue weighted by atomic mass is 16.5. The number of piperidine rings is 1. The predicted molar refractivity (Wildman–Crippen MR) is 112 cm³/mol. The molecule has 2 aliphatic rings. The molecule has 8 nitrogen and oxygen atoms in total. The summed E-state index contributed by atoms with van der Waals surface area (Å²) in [6.07, 6.45) is 2.41. The van der Waals surface area contributed by atoms with E-state index in [1.54, 1.807) is 29.0 Å². The summed E-state index contributed by atoms with van der Waals surface area (Å²) in [5.41, 5.74) is 0.927. The molecule has 164 valence electrons. The molecular formula is C23H27N3O5. The van der Waals surface area contributed by atoms with Crippen molar-refractivity contribution in [1.82, 2.24) is 14.7 Å². The molecule has 3 heterocycles. The van der Waals surface area contributed by atoms with E-state index in [9.17, 15) is 14.4 Å². The first-order chi connectivity index (χ1) is 15.1. The molecule has 0 aliphatic carbocycles. The van der Waals surface area contributed by atoms with Gasteiger partial charge >= 0.3 is 0 Å². The largest absolute Gasteiger partial charge is 0.496 e. The average molecular weight is 425 g/mol. The van der Waals surface area contributed by atoms with Gasteiger partial charge in [-0.25, -0.2) is 0 Å². The van der Waals surface area contributed by atoms with E-state index in [4.69, 9.17) is 9.15 Å². The number of ether oxygens (including phenoxy) is 1. The van der Waals surface area contributed by atoms with Crippen molar-refractivity contribution >= 4 is 17.7 Å². The Labute approximate surface area is 181 Å². The van der Waals surface area contributed by atoms with E-state index in [2.05, 4.69) is 0 Å². The van der Waals surface area contributed by atoms with Gasteiger partial charge in [-0.15, -0.1) is 0 Å². The smallest absolute Gasteiger partial charge is 0.289 e. The lowest BCUT2D eigenvalue weighted by atomic mass is 9.95. The molecule has 0 bridgehead atoms.